The average Bonchev–Trinajstić information content (AvgIpc) is 3.59. The third-order valence-corrected chi connectivity index (χ3v) is 10.3. The number of hydrogen-bond acceptors (Lipinski definition) is 5. The number of nitrogens with zero attached hydrogens (tertiary/aromatic N) is 2. The number of amides is 2. The summed E-state index contributed by atoms with van der Waals surface area (Å²) in [6.45, 7) is 1.25. The van der Waals surface area contributed by atoms with Gasteiger partial charge in [0.2, 0.25) is 11.8 Å². The molecular formula is C37H40FN3O5S. The van der Waals surface area contributed by atoms with E-state index in [0.717, 1.165) is 41.1 Å². The number of ether oxygens (including phenoxy) is 1. The lowest BCUT2D eigenvalue weighted by atomic mass is 10.0. The minimum atomic E-state index is -4.23. The van der Waals surface area contributed by atoms with Crippen molar-refractivity contribution < 1.29 is 27.1 Å². The van der Waals surface area contributed by atoms with Crippen LogP contribution >= 0.6 is 0 Å². The summed E-state index contributed by atoms with van der Waals surface area (Å²) < 4.78 is 48.6. The van der Waals surface area contributed by atoms with Gasteiger partial charge in [0, 0.05) is 19.0 Å². The standard InChI is InChI=1S/C37H40FN3O5S/c1-27-12-22-34(23-13-27)47(44,45)41(32-18-20-33(46-2)21-19-32)26-36(42)40(25-29-14-16-30(38)17-15-29)35(24-28-8-4-3-5-9-28)37(43)39-31-10-6-7-11-31/h3-5,8-9,12-23,31,35H,6-7,10-11,24-26H2,1-2H3,(H,39,43). The lowest BCUT2D eigenvalue weighted by molar-refractivity contribution is -0.140. The number of benzene rings is 4. The molecule has 4 aromatic carbocycles. The van der Waals surface area contributed by atoms with Crippen LogP contribution in [0.1, 0.15) is 42.4 Å². The van der Waals surface area contributed by atoms with E-state index in [1.165, 1.54) is 36.3 Å². The number of methoxy groups -OCH3 is 1. The predicted octanol–water partition coefficient (Wildman–Crippen LogP) is 6.04. The van der Waals surface area contributed by atoms with Gasteiger partial charge in [-0.3, -0.25) is 13.9 Å². The highest BCUT2D eigenvalue weighted by molar-refractivity contribution is 7.92. The fourth-order valence-corrected chi connectivity index (χ4v) is 7.24. The van der Waals surface area contributed by atoms with Crippen LogP contribution in [0, 0.1) is 12.7 Å². The van der Waals surface area contributed by atoms with Gasteiger partial charge in [0.25, 0.3) is 10.0 Å². The first-order valence-corrected chi connectivity index (χ1v) is 17.2. The van der Waals surface area contributed by atoms with Gasteiger partial charge in [-0.15, -0.1) is 0 Å². The highest BCUT2D eigenvalue weighted by atomic mass is 32.2. The summed E-state index contributed by atoms with van der Waals surface area (Å²) in [5.41, 5.74) is 2.59. The van der Waals surface area contributed by atoms with Crippen molar-refractivity contribution in [2.75, 3.05) is 18.0 Å². The van der Waals surface area contributed by atoms with E-state index in [4.69, 9.17) is 4.74 Å². The van der Waals surface area contributed by atoms with E-state index in [0.29, 0.717) is 11.3 Å². The van der Waals surface area contributed by atoms with E-state index in [1.54, 1.807) is 48.5 Å². The lowest BCUT2D eigenvalue weighted by Gasteiger charge is -2.34. The number of sulfonamides is 1. The fraction of sp³-hybridized carbons (Fsp3) is 0.297. The monoisotopic (exact) mass is 657 g/mol. The molecule has 1 saturated carbocycles. The summed E-state index contributed by atoms with van der Waals surface area (Å²) >= 11 is 0. The molecule has 0 aromatic heterocycles. The number of aryl methyl sites for hydroxylation is 1. The molecule has 0 saturated heterocycles. The summed E-state index contributed by atoms with van der Waals surface area (Å²) in [6, 6.07) is 27.0. The van der Waals surface area contributed by atoms with E-state index in [1.807, 2.05) is 37.3 Å². The SMILES string of the molecule is COc1ccc(N(CC(=O)N(Cc2ccc(F)cc2)C(Cc2ccccc2)C(=O)NC2CCCC2)S(=O)(=O)c2ccc(C)cc2)cc1. The Morgan fingerprint density at radius 3 is 2.13 bits per heavy atom. The molecule has 1 atom stereocenters. The number of nitrogens with one attached hydrogen (secondary N) is 1. The smallest absolute Gasteiger partial charge is 0.264 e. The minimum absolute atomic E-state index is 0.00117. The maximum absolute atomic E-state index is 14.6. The first-order valence-electron chi connectivity index (χ1n) is 15.8. The van der Waals surface area contributed by atoms with Crippen molar-refractivity contribution in [3.63, 3.8) is 0 Å². The molecule has 1 aliphatic rings. The van der Waals surface area contributed by atoms with Gasteiger partial charge in [-0.1, -0.05) is 73.0 Å². The van der Waals surface area contributed by atoms with Crippen molar-refractivity contribution in [3.05, 3.63) is 126 Å². The van der Waals surface area contributed by atoms with Crippen molar-refractivity contribution in [2.45, 2.75) is 62.6 Å². The zero-order valence-electron chi connectivity index (χ0n) is 26.6. The van der Waals surface area contributed by atoms with Crippen LogP contribution in [0.3, 0.4) is 0 Å². The average molecular weight is 658 g/mol. The van der Waals surface area contributed by atoms with Gasteiger partial charge in [-0.25, -0.2) is 12.8 Å². The highest BCUT2D eigenvalue weighted by Crippen LogP contribution is 2.27. The molecule has 0 radical (unpaired) electrons. The quantitative estimate of drug-likeness (QED) is 0.189. The van der Waals surface area contributed by atoms with Gasteiger partial charge < -0.3 is 15.0 Å². The molecule has 4 aromatic rings. The van der Waals surface area contributed by atoms with Crippen LogP contribution in [0.5, 0.6) is 5.75 Å². The summed E-state index contributed by atoms with van der Waals surface area (Å²) in [4.78, 5) is 30.1. The van der Waals surface area contributed by atoms with Crippen LogP contribution in [0.2, 0.25) is 0 Å². The van der Waals surface area contributed by atoms with Crippen molar-refractivity contribution in [1.82, 2.24) is 10.2 Å². The number of carbonyl (C=O) groups excluding carboxylic acids is 2. The number of carbonyl (C=O) groups is 2. The molecule has 246 valence electrons. The van der Waals surface area contributed by atoms with Gasteiger partial charge in [0.1, 0.15) is 24.2 Å². The topological polar surface area (TPSA) is 96.0 Å². The second kappa shape index (κ2) is 15.3. The first kappa shape index (κ1) is 33.7. The molecule has 0 spiro atoms. The molecule has 10 heteroatoms. The minimum Gasteiger partial charge on any atom is -0.497 e. The Balaban J connectivity index is 1.56. The van der Waals surface area contributed by atoms with E-state index in [-0.39, 0.29) is 35.5 Å². The summed E-state index contributed by atoms with van der Waals surface area (Å²) in [6.07, 6.45) is 3.95. The Morgan fingerprint density at radius 2 is 1.51 bits per heavy atom. The number of rotatable bonds is 13. The third kappa shape index (κ3) is 8.56. The molecule has 47 heavy (non-hydrogen) atoms. The summed E-state index contributed by atoms with van der Waals surface area (Å²) in [5.74, 6) is -0.796. The third-order valence-electron chi connectivity index (χ3n) is 8.49. The van der Waals surface area contributed by atoms with E-state index >= 15 is 0 Å². The predicted molar refractivity (Wildman–Crippen MR) is 180 cm³/mol. The van der Waals surface area contributed by atoms with Gasteiger partial charge >= 0.3 is 0 Å². The van der Waals surface area contributed by atoms with Crippen LogP contribution in [0.25, 0.3) is 0 Å². The fourth-order valence-electron chi connectivity index (χ4n) is 5.82. The second-order valence-corrected chi connectivity index (χ2v) is 13.7. The molecule has 1 fully saturated rings. The van der Waals surface area contributed by atoms with Crippen molar-refractivity contribution >= 4 is 27.5 Å². The van der Waals surface area contributed by atoms with Gasteiger partial charge in [-0.05, 0) is 79.4 Å². The largest absolute Gasteiger partial charge is 0.497 e. The van der Waals surface area contributed by atoms with Crippen LogP contribution < -0.4 is 14.4 Å². The molecule has 1 N–H and O–H groups in total. The van der Waals surface area contributed by atoms with Crippen molar-refractivity contribution in [2.24, 2.45) is 0 Å². The van der Waals surface area contributed by atoms with Gasteiger partial charge in [0.05, 0.1) is 17.7 Å². The number of hydrogen-bond donors (Lipinski definition) is 1. The van der Waals surface area contributed by atoms with Crippen LogP contribution in [-0.4, -0.2) is 50.9 Å². The number of halogens is 1. The molecule has 1 unspecified atom stereocenters. The molecule has 0 heterocycles. The molecule has 0 aliphatic heterocycles. The molecule has 1 aliphatic carbocycles. The zero-order valence-corrected chi connectivity index (χ0v) is 27.5. The van der Waals surface area contributed by atoms with Crippen molar-refractivity contribution in [3.8, 4) is 5.75 Å². The Bertz CT molecular complexity index is 1740. The first-order chi connectivity index (χ1) is 22.6. The Morgan fingerprint density at radius 1 is 0.872 bits per heavy atom. The Labute approximate surface area is 276 Å². The Hall–Kier alpha value is -4.70. The van der Waals surface area contributed by atoms with Crippen LogP contribution in [-0.2, 0) is 32.6 Å². The van der Waals surface area contributed by atoms with Crippen LogP contribution in [0.15, 0.2) is 108 Å². The van der Waals surface area contributed by atoms with E-state index < -0.39 is 34.3 Å². The van der Waals surface area contributed by atoms with E-state index in [2.05, 4.69) is 5.32 Å². The van der Waals surface area contributed by atoms with Gasteiger partial charge in [0.15, 0.2) is 0 Å². The Kier molecular flexibility index (Phi) is 10.9. The molecular weight excluding hydrogens is 617 g/mol. The maximum Gasteiger partial charge on any atom is 0.264 e. The summed E-state index contributed by atoms with van der Waals surface area (Å²) in [5, 5.41) is 3.15. The normalized spacial score (nSPS) is 13.9. The zero-order chi connectivity index (χ0) is 33.4. The van der Waals surface area contributed by atoms with Crippen LogP contribution in [0.4, 0.5) is 10.1 Å². The molecule has 5 rings (SSSR count). The van der Waals surface area contributed by atoms with Gasteiger partial charge in [-0.2, -0.15) is 0 Å². The number of anilines is 1. The molecule has 2 amide bonds. The molecule has 8 nitrogen and oxygen atoms in total. The molecule has 0 bridgehead atoms. The maximum atomic E-state index is 14.6. The second-order valence-electron chi connectivity index (χ2n) is 11.9. The lowest BCUT2D eigenvalue weighted by Crippen LogP contribution is -2.54. The summed E-state index contributed by atoms with van der Waals surface area (Å²) in [7, 11) is -2.72. The van der Waals surface area contributed by atoms with Crippen molar-refractivity contribution in [1.29, 1.82) is 0 Å². The highest BCUT2D eigenvalue weighted by Gasteiger charge is 2.35. The van der Waals surface area contributed by atoms with E-state index in [9.17, 15) is 22.4 Å².